The summed E-state index contributed by atoms with van der Waals surface area (Å²) >= 11 is 0. The van der Waals surface area contributed by atoms with Crippen LogP contribution < -0.4 is 10.1 Å². The second kappa shape index (κ2) is 8.40. The fraction of sp³-hybridized carbons (Fsp3) is 0.533. The van der Waals surface area contributed by atoms with Crippen molar-refractivity contribution in [3.63, 3.8) is 0 Å². The summed E-state index contributed by atoms with van der Waals surface area (Å²) in [4.78, 5) is 6.44. The van der Waals surface area contributed by atoms with E-state index in [1.54, 1.807) is 12.1 Å². The molecule has 4 nitrogen and oxygen atoms in total. The van der Waals surface area contributed by atoms with Gasteiger partial charge in [0.2, 0.25) is 0 Å². The molecule has 1 aromatic rings. The van der Waals surface area contributed by atoms with Crippen molar-refractivity contribution in [1.29, 1.82) is 0 Å². The Kier molecular flexibility index (Phi) is 6.84. The van der Waals surface area contributed by atoms with Gasteiger partial charge in [-0.25, -0.2) is 9.38 Å². The first-order valence-corrected chi connectivity index (χ1v) is 6.94. The van der Waals surface area contributed by atoms with Crippen molar-refractivity contribution < 1.29 is 9.13 Å². The van der Waals surface area contributed by atoms with E-state index in [4.69, 9.17) is 4.74 Å². The molecule has 0 saturated heterocycles. The van der Waals surface area contributed by atoms with Crippen molar-refractivity contribution in [3.05, 3.63) is 30.1 Å². The monoisotopic (exact) mass is 281 g/mol. The number of guanidine groups is 1. The van der Waals surface area contributed by atoms with Crippen LogP contribution in [0.5, 0.6) is 5.75 Å². The molecule has 1 aromatic carbocycles. The predicted molar refractivity (Wildman–Crippen MR) is 80.8 cm³/mol. The lowest BCUT2D eigenvalue weighted by Gasteiger charge is -2.19. The van der Waals surface area contributed by atoms with Gasteiger partial charge in [0.25, 0.3) is 0 Å². The van der Waals surface area contributed by atoms with Crippen LogP contribution in [0.15, 0.2) is 29.3 Å². The highest BCUT2D eigenvalue weighted by atomic mass is 19.1. The van der Waals surface area contributed by atoms with E-state index in [-0.39, 0.29) is 11.9 Å². The standard InChI is InChI=1S/C15H24FN3O/c1-5-13(11-18-15(17-6-2)19(3)4)20-14-9-7-8-12(16)10-14/h7-10,13H,5-6,11H2,1-4H3,(H,17,18). The summed E-state index contributed by atoms with van der Waals surface area (Å²) in [6, 6.07) is 6.20. The highest BCUT2D eigenvalue weighted by Gasteiger charge is 2.09. The molecule has 0 fully saturated rings. The van der Waals surface area contributed by atoms with Gasteiger partial charge in [-0.3, -0.25) is 0 Å². The zero-order valence-electron chi connectivity index (χ0n) is 12.7. The molecule has 1 N–H and O–H groups in total. The number of nitrogens with zero attached hydrogens (tertiary/aromatic N) is 2. The van der Waals surface area contributed by atoms with Gasteiger partial charge in [-0.15, -0.1) is 0 Å². The van der Waals surface area contributed by atoms with Crippen LogP contribution in [0, 0.1) is 5.82 Å². The molecule has 1 unspecified atom stereocenters. The Hall–Kier alpha value is -1.78. The van der Waals surface area contributed by atoms with Crippen LogP contribution in [0.1, 0.15) is 20.3 Å². The van der Waals surface area contributed by atoms with Gasteiger partial charge in [0.15, 0.2) is 5.96 Å². The first-order chi connectivity index (χ1) is 9.56. The molecule has 1 rings (SSSR count). The van der Waals surface area contributed by atoms with E-state index in [1.165, 1.54) is 12.1 Å². The van der Waals surface area contributed by atoms with E-state index in [0.717, 1.165) is 18.9 Å². The van der Waals surface area contributed by atoms with Gasteiger partial charge < -0.3 is 15.0 Å². The second-order valence-electron chi connectivity index (χ2n) is 4.69. The van der Waals surface area contributed by atoms with Crippen LogP contribution in [-0.2, 0) is 0 Å². The minimum Gasteiger partial charge on any atom is -0.488 e. The molecular weight excluding hydrogens is 257 g/mol. The average Bonchev–Trinajstić information content (AvgIpc) is 2.41. The van der Waals surface area contributed by atoms with Gasteiger partial charge in [-0.2, -0.15) is 0 Å². The van der Waals surface area contributed by atoms with Crippen molar-refractivity contribution in [2.24, 2.45) is 4.99 Å². The lowest BCUT2D eigenvalue weighted by Crippen LogP contribution is -2.37. The number of benzene rings is 1. The Balaban J connectivity index is 2.64. The van der Waals surface area contributed by atoms with Crippen LogP contribution >= 0.6 is 0 Å². The number of hydrogen-bond donors (Lipinski definition) is 1. The van der Waals surface area contributed by atoms with Gasteiger partial charge in [0.05, 0.1) is 6.54 Å². The minimum absolute atomic E-state index is 0.0644. The fourth-order valence-electron chi connectivity index (χ4n) is 1.68. The molecule has 112 valence electrons. The molecule has 0 amide bonds. The molecule has 0 spiro atoms. The Morgan fingerprint density at radius 1 is 1.40 bits per heavy atom. The largest absolute Gasteiger partial charge is 0.488 e. The third-order valence-corrected chi connectivity index (χ3v) is 2.76. The lowest BCUT2D eigenvalue weighted by atomic mass is 10.2. The Labute approximate surface area is 120 Å². The molecule has 0 radical (unpaired) electrons. The topological polar surface area (TPSA) is 36.9 Å². The molecular formula is C15H24FN3O. The first-order valence-electron chi connectivity index (χ1n) is 6.94. The van der Waals surface area contributed by atoms with E-state index >= 15 is 0 Å². The maximum Gasteiger partial charge on any atom is 0.193 e. The molecule has 0 bridgehead atoms. The number of nitrogens with one attached hydrogen (secondary N) is 1. The quantitative estimate of drug-likeness (QED) is 0.643. The minimum atomic E-state index is -0.289. The smallest absolute Gasteiger partial charge is 0.193 e. The number of aliphatic imine (C=N–C) groups is 1. The molecule has 0 aliphatic carbocycles. The first kappa shape index (κ1) is 16.3. The maximum atomic E-state index is 13.1. The average molecular weight is 281 g/mol. The summed E-state index contributed by atoms with van der Waals surface area (Å²) in [5, 5.41) is 3.19. The lowest BCUT2D eigenvalue weighted by molar-refractivity contribution is 0.204. The summed E-state index contributed by atoms with van der Waals surface area (Å²) in [7, 11) is 3.88. The summed E-state index contributed by atoms with van der Waals surface area (Å²) in [5.41, 5.74) is 0. The molecule has 0 aromatic heterocycles. The van der Waals surface area contributed by atoms with Crippen LogP contribution in [0.2, 0.25) is 0 Å². The second-order valence-corrected chi connectivity index (χ2v) is 4.69. The number of hydrogen-bond acceptors (Lipinski definition) is 2. The van der Waals surface area contributed by atoms with Crippen molar-refractivity contribution in [2.75, 3.05) is 27.2 Å². The van der Waals surface area contributed by atoms with E-state index < -0.39 is 0 Å². The van der Waals surface area contributed by atoms with Crippen molar-refractivity contribution in [3.8, 4) is 5.75 Å². The molecule has 20 heavy (non-hydrogen) atoms. The highest BCUT2D eigenvalue weighted by molar-refractivity contribution is 5.79. The molecule has 5 heteroatoms. The van der Waals surface area contributed by atoms with E-state index in [2.05, 4.69) is 10.3 Å². The summed E-state index contributed by atoms with van der Waals surface area (Å²) in [6.45, 7) is 5.41. The van der Waals surface area contributed by atoms with Crippen LogP contribution in [-0.4, -0.2) is 44.1 Å². The summed E-state index contributed by atoms with van der Waals surface area (Å²) < 4.78 is 18.9. The van der Waals surface area contributed by atoms with Gasteiger partial charge in [-0.1, -0.05) is 13.0 Å². The van der Waals surface area contributed by atoms with Gasteiger partial charge in [0, 0.05) is 26.7 Å². The van der Waals surface area contributed by atoms with Gasteiger partial charge in [-0.05, 0) is 25.5 Å². The third-order valence-electron chi connectivity index (χ3n) is 2.76. The van der Waals surface area contributed by atoms with Crippen LogP contribution in [0.25, 0.3) is 0 Å². The zero-order valence-corrected chi connectivity index (χ0v) is 12.7. The number of halogens is 1. The van der Waals surface area contributed by atoms with Crippen molar-refractivity contribution in [2.45, 2.75) is 26.4 Å². The Morgan fingerprint density at radius 2 is 2.15 bits per heavy atom. The van der Waals surface area contributed by atoms with Gasteiger partial charge in [0.1, 0.15) is 17.7 Å². The number of rotatable bonds is 6. The van der Waals surface area contributed by atoms with Crippen LogP contribution in [0.3, 0.4) is 0 Å². The molecule has 0 aliphatic heterocycles. The van der Waals surface area contributed by atoms with E-state index in [1.807, 2.05) is 32.8 Å². The Morgan fingerprint density at radius 3 is 2.70 bits per heavy atom. The Bertz CT molecular complexity index is 435. The molecule has 0 aliphatic rings. The fourth-order valence-corrected chi connectivity index (χ4v) is 1.68. The normalized spacial score (nSPS) is 12.9. The maximum absolute atomic E-state index is 13.1. The van der Waals surface area contributed by atoms with E-state index in [9.17, 15) is 4.39 Å². The zero-order chi connectivity index (χ0) is 15.0. The summed E-state index contributed by atoms with van der Waals surface area (Å²) in [5.74, 6) is 1.08. The number of ether oxygens (including phenoxy) is 1. The van der Waals surface area contributed by atoms with Crippen molar-refractivity contribution in [1.82, 2.24) is 10.2 Å². The van der Waals surface area contributed by atoms with Gasteiger partial charge >= 0.3 is 0 Å². The molecule has 1 atom stereocenters. The van der Waals surface area contributed by atoms with Crippen LogP contribution in [0.4, 0.5) is 4.39 Å². The SMILES string of the molecule is CCNC(=NCC(CC)Oc1cccc(F)c1)N(C)C. The summed E-state index contributed by atoms with van der Waals surface area (Å²) in [6.07, 6.45) is 0.748. The predicted octanol–water partition coefficient (Wildman–Crippen LogP) is 2.51. The highest BCUT2D eigenvalue weighted by Crippen LogP contribution is 2.15. The van der Waals surface area contributed by atoms with E-state index in [0.29, 0.717) is 12.3 Å². The molecule has 0 saturated carbocycles. The third kappa shape index (κ3) is 5.47. The molecule has 0 heterocycles. The van der Waals surface area contributed by atoms with Crippen molar-refractivity contribution >= 4 is 5.96 Å².